The van der Waals surface area contributed by atoms with Crippen LogP contribution in [0.1, 0.15) is 38.2 Å². The number of Topliss-reactive ketones (excluding diaryl/α,β-unsaturated/α-hetero) is 1. The molecule has 1 heterocycles. The average molecular weight is 504 g/mol. The summed E-state index contributed by atoms with van der Waals surface area (Å²) in [4.78, 5) is 25.7. The molecule has 192 valence electrons. The van der Waals surface area contributed by atoms with E-state index in [2.05, 4.69) is 11.4 Å². The van der Waals surface area contributed by atoms with Gasteiger partial charge < -0.3 is 30.0 Å². The summed E-state index contributed by atoms with van der Waals surface area (Å²) >= 11 is 0. The van der Waals surface area contributed by atoms with Crippen molar-refractivity contribution in [3.8, 4) is 23.3 Å². The van der Waals surface area contributed by atoms with Crippen LogP contribution in [0, 0.1) is 16.7 Å². The van der Waals surface area contributed by atoms with Gasteiger partial charge in [0.1, 0.15) is 23.2 Å². The van der Waals surface area contributed by atoms with Gasteiger partial charge in [-0.1, -0.05) is 32.0 Å². The number of hydrogen-bond donors (Lipinski definition) is 2. The SMILES string of the molecule is COc1ccccc1NC(=O)COc1ccc(C2C(C#N)=C(N)OC3=C2C(=O)CC(C)(C)C3)cc1OC. The van der Waals surface area contributed by atoms with Gasteiger partial charge in [-0.15, -0.1) is 0 Å². The van der Waals surface area contributed by atoms with Crippen LogP contribution in [0.5, 0.6) is 17.2 Å². The quantitative estimate of drug-likeness (QED) is 0.575. The van der Waals surface area contributed by atoms with Crippen molar-refractivity contribution in [2.24, 2.45) is 11.1 Å². The average Bonchev–Trinajstić information content (AvgIpc) is 2.86. The monoisotopic (exact) mass is 503 g/mol. The number of allylic oxidation sites excluding steroid dienone is 3. The fraction of sp³-hybridized carbons (Fsp3) is 0.321. The lowest BCUT2D eigenvalue weighted by molar-refractivity contribution is -0.119. The summed E-state index contributed by atoms with van der Waals surface area (Å²) in [6.07, 6.45) is 0.869. The van der Waals surface area contributed by atoms with Crippen LogP contribution in [0.3, 0.4) is 0 Å². The van der Waals surface area contributed by atoms with Gasteiger partial charge in [-0.3, -0.25) is 9.59 Å². The van der Waals surface area contributed by atoms with Crippen LogP contribution in [0.25, 0.3) is 0 Å². The van der Waals surface area contributed by atoms with Gasteiger partial charge in [-0.05, 0) is 35.2 Å². The first-order valence-electron chi connectivity index (χ1n) is 11.7. The van der Waals surface area contributed by atoms with Crippen molar-refractivity contribution < 1.29 is 28.5 Å². The highest BCUT2D eigenvalue weighted by Gasteiger charge is 2.43. The number of nitrogens with zero attached hydrogens (tertiary/aromatic N) is 1. The van der Waals surface area contributed by atoms with E-state index in [1.165, 1.54) is 14.2 Å². The molecular formula is C28H29N3O6. The maximum Gasteiger partial charge on any atom is 0.262 e. The van der Waals surface area contributed by atoms with Crippen molar-refractivity contribution in [3.05, 3.63) is 70.8 Å². The van der Waals surface area contributed by atoms with Gasteiger partial charge in [0.05, 0.1) is 25.8 Å². The first-order chi connectivity index (χ1) is 17.7. The largest absolute Gasteiger partial charge is 0.495 e. The summed E-state index contributed by atoms with van der Waals surface area (Å²) in [5.74, 6) is 0.541. The van der Waals surface area contributed by atoms with Crippen molar-refractivity contribution >= 4 is 17.4 Å². The Bertz CT molecular complexity index is 1350. The number of ketones is 1. The number of ether oxygens (including phenoxy) is 4. The molecule has 0 saturated carbocycles. The molecule has 0 saturated heterocycles. The molecule has 4 rings (SSSR count). The number of nitrogens with two attached hydrogens (primary N) is 1. The standard InChI is InChI=1S/C28H29N3O6/c1-28(2)12-19(32)26-23(13-28)37-27(30)17(14-29)25(26)16-9-10-21(22(11-16)35-4)36-15-24(33)31-18-7-5-6-8-20(18)34-3/h5-11,25H,12-13,15,30H2,1-4H3,(H,31,33). The number of methoxy groups -OCH3 is 2. The molecule has 2 aromatic rings. The lowest BCUT2D eigenvalue weighted by Gasteiger charge is -2.37. The van der Waals surface area contributed by atoms with E-state index in [1.807, 2.05) is 13.8 Å². The Morgan fingerprint density at radius 2 is 1.86 bits per heavy atom. The maximum absolute atomic E-state index is 13.2. The van der Waals surface area contributed by atoms with Crippen molar-refractivity contribution in [3.63, 3.8) is 0 Å². The predicted molar refractivity (Wildman–Crippen MR) is 136 cm³/mol. The highest BCUT2D eigenvalue weighted by atomic mass is 16.5. The molecule has 1 atom stereocenters. The summed E-state index contributed by atoms with van der Waals surface area (Å²) in [7, 11) is 2.99. The van der Waals surface area contributed by atoms with E-state index in [0.717, 1.165) is 0 Å². The topological polar surface area (TPSA) is 133 Å². The van der Waals surface area contributed by atoms with Crippen molar-refractivity contribution in [2.45, 2.75) is 32.6 Å². The zero-order valence-corrected chi connectivity index (χ0v) is 21.2. The van der Waals surface area contributed by atoms with Crippen LogP contribution < -0.4 is 25.3 Å². The van der Waals surface area contributed by atoms with Gasteiger partial charge in [0, 0.05) is 18.4 Å². The van der Waals surface area contributed by atoms with Crippen LogP contribution in [-0.4, -0.2) is 32.5 Å². The highest BCUT2D eigenvalue weighted by molar-refractivity contribution is 6.00. The first kappa shape index (κ1) is 25.6. The summed E-state index contributed by atoms with van der Waals surface area (Å²) in [6.45, 7) is 3.71. The van der Waals surface area contributed by atoms with Gasteiger partial charge >= 0.3 is 0 Å². The summed E-state index contributed by atoms with van der Waals surface area (Å²) in [6, 6.07) is 14.2. The number of anilines is 1. The van der Waals surface area contributed by atoms with Crippen molar-refractivity contribution in [2.75, 3.05) is 26.1 Å². The van der Waals surface area contributed by atoms with Crippen molar-refractivity contribution in [1.82, 2.24) is 0 Å². The van der Waals surface area contributed by atoms with E-state index in [1.54, 1.807) is 42.5 Å². The number of rotatable bonds is 7. The second kappa shape index (κ2) is 10.3. The second-order valence-corrected chi connectivity index (χ2v) is 9.65. The molecule has 1 aliphatic carbocycles. The number of nitrogens with one attached hydrogen (secondary N) is 1. The lowest BCUT2D eigenvalue weighted by Crippen LogP contribution is -2.33. The normalized spacial score (nSPS) is 18.4. The molecular weight excluding hydrogens is 474 g/mol. The van der Waals surface area contributed by atoms with Gasteiger partial charge in [0.2, 0.25) is 5.88 Å². The van der Waals surface area contributed by atoms with Crippen molar-refractivity contribution in [1.29, 1.82) is 5.26 Å². The van der Waals surface area contributed by atoms with Gasteiger partial charge in [-0.25, -0.2) is 0 Å². The van der Waals surface area contributed by atoms with Gasteiger partial charge in [-0.2, -0.15) is 5.26 Å². The molecule has 9 nitrogen and oxygen atoms in total. The number of hydrogen-bond acceptors (Lipinski definition) is 8. The van der Waals surface area contributed by atoms with E-state index in [4.69, 9.17) is 24.7 Å². The van der Waals surface area contributed by atoms with E-state index < -0.39 is 5.92 Å². The zero-order valence-electron chi connectivity index (χ0n) is 21.2. The fourth-order valence-electron chi connectivity index (χ4n) is 4.68. The Morgan fingerprint density at radius 1 is 1.14 bits per heavy atom. The Morgan fingerprint density at radius 3 is 2.57 bits per heavy atom. The third-order valence-corrected chi connectivity index (χ3v) is 6.34. The number of para-hydroxylation sites is 2. The minimum absolute atomic E-state index is 0.0101. The molecule has 3 N–H and O–H groups in total. The molecule has 2 aliphatic rings. The Hall–Kier alpha value is -4.45. The van der Waals surface area contributed by atoms with E-state index in [-0.39, 0.29) is 35.2 Å². The number of carbonyl (C=O) groups excluding carboxylic acids is 2. The Labute approximate surface area is 215 Å². The third-order valence-electron chi connectivity index (χ3n) is 6.34. The van der Waals surface area contributed by atoms with Gasteiger partial charge in [0.25, 0.3) is 5.91 Å². The van der Waals surface area contributed by atoms with Crippen LogP contribution in [0.4, 0.5) is 5.69 Å². The van der Waals surface area contributed by atoms with Gasteiger partial charge in [0.15, 0.2) is 23.9 Å². The minimum Gasteiger partial charge on any atom is -0.495 e. The minimum atomic E-state index is -0.686. The number of amides is 1. The fourth-order valence-corrected chi connectivity index (χ4v) is 4.68. The Kier molecular flexibility index (Phi) is 7.11. The predicted octanol–water partition coefficient (Wildman–Crippen LogP) is 4.17. The number of nitriles is 1. The first-order valence-corrected chi connectivity index (χ1v) is 11.7. The highest BCUT2D eigenvalue weighted by Crippen LogP contribution is 2.48. The summed E-state index contributed by atoms with van der Waals surface area (Å²) < 4.78 is 22.2. The molecule has 0 radical (unpaired) electrons. The van der Waals surface area contributed by atoms with Crippen LogP contribution in [-0.2, 0) is 14.3 Å². The molecule has 0 aromatic heterocycles. The van der Waals surface area contributed by atoms with Crippen LogP contribution in [0.2, 0.25) is 0 Å². The second-order valence-electron chi connectivity index (χ2n) is 9.65. The lowest BCUT2D eigenvalue weighted by atomic mass is 9.70. The molecule has 37 heavy (non-hydrogen) atoms. The molecule has 1 aliphatic heterocycles. The maximum atomic E-state index is 13.2. The van der Waals surface area contributed by atoms with E-state index in [9.17, 15) is 14.9 Å². The zero-order chi connectivity index (χ0) is 26.7. The number of benzene rings is 2. The summed E-state index contributed by atoms with van der Waals surface area (Å²) in [5, 5.41) is 12.6. The smallest absolute Gasteiger partial charge is 0.262 e. The van der Waals surface area contributed by atoms with Crippen LogP contribution >= 0.6 is 0 Å². The molecule has 1 amide bonds. The number of carbonyl (C=O) groups is 2. The molecule has 1 unspecified atom stereocenters. The molecule has 0 bridgehead atoms. The molecule has 9 heteroatoms. The molecule has 2 aromatic carbocycles. The van der Waals surface area contributed by atoms with E-state index >= 15 is 0 Å². The summed E-state index contributed by atoms with van der Waals surface area (Å²) in [5.41, 5.74) is 7.59. The van der Waals surface area contributed by atoms with Crippen LogP contribution in [0.15, 0.2) is 65.3 Å². The van der Waals surface area contributed by atoms with E-state index in [0.29, 0.717) is 52.7 Å². The molecule has 0 fully saturated rings. The molecule has 0 spiro atoms. The Balaban J connectivity index is 1.59. The third kappa shape index (κ3) is 5.23.